The van der Waals surface area contributed by atoms with Crippen LogP contribution in [0, 0.1) is 0 Å². The molecule has 2 atom stereocenters. The van der Waals surface area contributed by atoms with Crippen LogP contribution in [-0.2, 0) is 4.74 Å². The first kappa shape index (κ1) is 15.3. The van der Waals surface area contributed by atoms with Crippen LogP contribution in [0.5, 0.6) is 0 Å². The minimum Gasteiger partial charge on any atom is -0.444 e. The SMILES string of the molecule is CC(C)(C)OC(=O)N1C[C@H](N=[N+]=[N-])[C@H](N=[N+]=[N-])CC12CC2. The fourth-order valence-corrected chi connectivity index (χ4v) is 2.71. The van der Waals surface area contributed by atoms with Gasteiger partial charge in [-0.3, -0.25) is 0 Å². The first-order valence-corrected chi connectivity index (χ1v) is 6.90. The first-order valence-electron chi connectivity index (χ1n) is 6.90. The molecule has 0 unspecified atom stereocenters. The summed E-state index contributed by atoms with van der Waals surface area (Å²) in [5, 5.41) is 7.40. The maximum Gasteiger partial charge on any atom is 0.410 e. The number of amides is 1. The Hall–Kier alpha value is -2.11. The summed E-state index contributed by atoms with van der Waals surface area (Å²) in [5.41, 5.74) is 16.4. The van der Waals surface area contributed by atoms with Gasteiger partial charge in [0.25, 0.3) is 0 Å². The van der Waals surface area contributed by atoms with Gasteiger partial charge in [-0.05, 0) is 51.1 Å². The summed E-state index contributed by atoms with van der Waals surface area (Å²) < 4.78 is 5.42. The number of nitrogens with zero attached hydrogens (tertiary/aromatic N) is 7. The Morgan fingerprint density at radius 3 is 2.29 bits per heavy atom. The van der Waals surface area contributed by atoms with Gasteiger partial charge in [-0.2, -0.15) is 0 Å². The lowest BCUT2D eigenvalue weighted by Crippen LogP contribution is -2.55. The van der Waals surface area contributed by atoms with Crippen LogP contribution in [0.25, 0.3) is 20.9 Å². The molecule has 0 aromatic carbocycles. The molecule has 0 aromatic heterocycles. The highest BCUT2D eigenvalue weighted by atomic mass is 16.6. The van der Waals surface area contributed by atoms with E-state index in [0.29, 0.717) is 6.42 Å². The van der Waals surface area contributed by atoms with Gasteiger partial charge in [-0.15, -0.1) is 0 Å². The molecule has 2 aliphatic rings. The summed E-state index contributed by atoms with van der Waals surface area (Å²) in [6.45, 7) is 5.65. The summed E-state index contributed by atoms with van der Waals surface area (Å²) in [6.07, 6.45) is 1.82. The van der Waals surface area contributed by atoms with Gasteiger partial charge in [0.05, 0.1) is 6.04 Å². The van der Waals surface area contributed by atoms with E-state index in [1.54, 1.807) is 4.90 Å². The van der Waals surface area contributed by atoms with E-state index in [4.69, 9.17) is 15.8 Å². The fourth-order valence-electron chi connectivity index (χ4n) is 2.71. The van der Waals surface area contributed by atoms with Crippen LogP contribution in [0.4, 0.5) is 4.79 Å². The van der Waals surface area contributed by atoms with E-state index < -0.39 is 23.8 Å². The topological polar surface area (TPSA) is 127 Å². The quantitative estimate of drug-likeness (QED) is 0.438. The summed E-state index contributed by atoms with van der Waals surface area (Å²) in [6, 6.07) is -0.961. The zero-order valence-corrected chi connectivity index (χ0v) is 12.4. The van der Waals surface area contributed by atoms with Crippen molar-refractivity contribution in [1.82, 2.24) is 4.90 Å². The Morgan fingerprint density at radius 2 is 1.81 bits per heavy atom. The van der Waals surface area contributed by atoms with Gasteiger partial charge in [0, 0.05) is 27.9 Å². The van der Waals surface area contributed by atoms with Crippen LogP contribution in [-0.4, -0.2) is 40.8 Å². The molecular formula is C12H19N7O2. The van der Waals surface area contributed by atoms with Gasteiger partial charge < -0.3 is 9.64 Å². The molecule has 1 saturated carbocycles. The monoisotopic (exact) mass is 293 g/mol. The molecule has 2 rings (SSSR count). The molecule has 2 fully saturated rings. The third kappa shape index (κ3) is 3.32. The van der Waals surface area contributed by atoms with E-state index in [1.807, 2.05) is 20.8 Å². The molecule has 1 heterocycles. The molecule has 1 amide bonds. The van der Waals surface area contributed by atoms with E-state index in [-0.39, 0.29) is 12.1 Å². The smallest absolute Gasteiger partial charge is 0.410 e. The van der Waals surface area contributed by atoms with Gasteiger partial charge in [0.1, 0.15) is 5.60 Å². The zero-order chi connectivity index (χ0) is 15.7. The number of carbonyl (C=O) groups is 1. The molecule has 0 N–H and O–H groups in total. The van der Waals surface area contributed by atoms with Gasteiger partial charge in [0.15, 0.2) is 0 Å². The van der Waals surface area contributed by atoms with Crippen LogP contribution >= 0.6 is 0 Å². The second-order valence-electron chi connectivity index (χ2n) is 6.56. The Labute approximate surface area is 122 Å². The van der Waals surface area contributed by atoms with E-state index in [1.165, 1.54) is 0 Å². The third-order valence-corrected chi connectivity index (χ3v) is 3.82. The Bertz CT molecular complexity index is 524. The molecule has 0 bridgehead atoms. The van der Waals surface area contributed by atoms with Crippen molar-refractivity contribution in [2.45, 2.75) is 63.3 Å². The standard InChI is InChI=1S/C12H19N7O2/c1-11(2,3)21-10(20)19-7-9(16-18-14)8(15-17-13)6-12(19)4-5-12/h8-9H,4-7H2,1-3H3/t8-,9+/m1/s1. The van der Waals surface area contributed by atoms with Crippen molar-refractivity contribution in [2.24, 2.45) is 10.2 Å². The molecule has 0 aromatic rings. The summed E-state index contributed by atoms with van der Waals surface area (Å²) in [7, 11) is 0. The molecule has 21 heavy (non-hydrogen) atoms. The number of rotatable bonds is 2. The lowest BCUT2D eigenvalue weighted by Gasteiger charge is -2.42. The number of ether oxygens (including phenoxy) is 1. The molecular weight excluding hydrogens is 274 g/mol. The number of hydrogen-bond acceptors (Lipinski definition) is 4. The maximum absolute atomic E-state index is 12.3. The normalized spacial score (nSPS) is 26.5. The molecule has 9 heteroatoms. The highest BCUT2D eigenvalue weighted by molar-refractivity contribution is 5.70. The van der Waals surface area contributed by atoms with E-state index in [0.717, 1.165) is 12.8 Å². The number of piperidine rings is 1. The van der Waals surface area contributed by atoms with Crippen molar-refractivity contribution in [2.75, 3.05) is 6.54 Å². The molecule has 1 spiro atoms. The van der Waals surface area contributed by atoms with E-state index in [2.05, 4.69) is 20.1 Å². The molecule has 1 saturated heterocycles. The van der Waals surface area contributed by atoms with Crippen LogP contribution in [0.3, 0.4) is 0 Å². The van der Waals surface area contributed by atoms with Crippen molar-refractivity contribution in [1.29, 1.82) is 0 Å². The average molecular weight is 293 g/mol. The molecule has 114 valence electrons. The van der Waals surface area contributed by atoms with Crippen molar-refractivity contribution in [3.8, 4) is 0 Å². The summed E-state index contributed by atoms with van der Waals surface area (Å²) in [4.78, 5) is 19.6. The molecule has 9 nitrogen and oxygen atoms in total. The number of hydrogen-bond donors (Lipinski definition) is 0. The summed E-state index contributed by atoms with van der Waals surface area (Å²) >= 11 is 0. The van der Waals surface area contributed by atoms with Gasteiger partial charge >= 0.3 is 6.09 Å². The second-order valence-corrected chi connectivity index (χ2v) is 6.56. The lowest BCUT2D eigenvalue weighted by atomic mass is 9.92. The zero-order valence-electron chi connectivity index (χ0n) is 12.4. The number of carbonyl (C=O) groups excluding carboxylic acids is 1. The van der Waals surface area contributed by atoms with Gasteiger partial charge in [0.2, 0.25) is 0 Å². The first-order chi connectivity index (χ1) is 9.81. The second kappa shape index (κ2) is 5.35. The Balaban J connectivity index is 2.20. The van der Waals surface area contributed by atoms with Crippen LogP contribution in [0.15, 0.2) is 10.2 Å². The minimum absolute atomic E-state index is 0.225. The van der Waals surface area contributed by atoms with Crippen molar-refractivity contribution < 1.29 is 9.53 Å². The van der Waals surface area contributed by atoms with Crippen molar-refractivity contribution >= 4 is 6.09 Å². The fraction of sp³-hybridized carbons (Fsp3) is 0.917. The van der Waals surface area contributed by atoms with Crippen molar-refractivity contribution in [3.63, 3.8) is 0 Å². The number of likely N-dealkylation sites (tertiary alicyclic amines) is 1. The van der Waals surface area contributed by atoms with Gasteiger partial charge in [-0.25, -0.2) is 4.79 Å². The van der Waals surface area contributed by atoms with Crippen LogP contribution in [0.1, 0.15) is 40.0 Å². The van der Waals surface area contributed by atoms with E-state index >= 15 is 0 Å². The highest BCUT2D eigenvalue weighted by Crippen LogP contribution is 2.50. The Kier molecular flexibility index (Phi) is 3.89. The summed E-state index contributed by atoms with van der Waals surface area (Å²) in [5.74, 6) is 0. The molecule has 1 aliphatic heterocycles. The molecule has 1 aliphatic carbocycles. The van der Waals surface area contributed by atoms with E-state index in [9.17, 15) is 4.79 Å². The van der Waals surface area contributed by atoms with Crippen molar-refractivity contribution in [3.05, 3.63) is 20.9 Å². The average Bonchev–Trinajstić information content (AvgIpc) is 3.11. The number of azide groups is 2. The Morgan fingerprint density at radius 1 is 1.24 bits per heavy atom. The molecule has 0 radical (unpaired) electrons. The third-order valence-electron chi connectivity index (χ3n) is 3.82. The predicted octanol–water partition coefficient (Wildman–Crippen LogP) is 3.52. The largest absolute Gasteiger partial charge is 0.444 e. The van der Waals surface area contributed by atoms with Crippen LogP contribution < -0.4 is 0 Å². The van der Waals surface area contributed by atoms with Gasteiger partial charge in [-0.1, -0.05) is 10.2 Å². The minimum atomic E-state index is -0.581. The van der Waals surface area contributed by atoms with Crippen LogP contribution in [0.2, 0.25) is 0 Å². The highest BCUT2D eigenvalue weighted by Gasteiger charge is 2.56. The lowest BCUT2D eigenvalue weighted by molar-refractivity contribution is 0.00136. The predicted molar refractivity (Wildman–Crippen MR) is 75.4 cm³/mol. The maximum atomic E-state index is 12.3.